The van der Waals surface area contributed by atoms with Crippen molar-refractivity contribution >= 4 is 25.9 Å². The monoisotopic (exact) mass is 453 g/mol. The van der Waals surface area contributed by atoms with E-state index in [4.69, 9.17) is 16.6 Å². The molecule has 0 aliphatic heterocycles. The van der Waals surface area contributed by atoms with Crippen LogP contribution in [-0.2, 0) is 20.0 Å². The van der Waals surface area contributed by atoms with Gasteiger partial charge in [-0.15, -0.1) is 10.2 Å². The topological polar surface area (TPSA) is 226 Å². The first-order valence-corrected chi connectivity index (χ1v) is 11.4. The summed E-state index contributed by atoms with van der Waals surface area (Å²) in [6.45, 7) is 1.47. The first-order chi connectivity index (χ1) is 14.0. The fraction of sp³-hybridized carbons (Fsp3) is 0.200. The van der Waals surface area contributed by atoms with Gasteiger partial charge in [-0.1, -0.05) is 6.07 Å². The van der Waals surface area contributed by atoms with Gasteiger partial charge in [0.15, 0.2) is 0 Å². The summed E-state index contributed by atoms with van der Waals surface area (Å²) in [6.07, 6.45) is 1.39. The number of H-pyrrole nitrogens is 1. The fourth-order valence-corrected chi connectivity index (χ4v) is 5.41. The highest BCUT2D eigenvalue weighted by molar-refractivity contribution is 7.92. The first kappa shape index (κ1) is 21.7. The summed E-state index contributed by atoms with van der Waals surface area (Å²) in [4.78, 5) is 2.72. The Balaban J connectivity index is 2.37. The molecule has 15 heteroatoms. The van der Waals surface area contributed by atoms with Crippen LogP contribution in [-0.4, -0.2) is 55.0 Å². The van der Waals surface area contributed by atoms with E-state index >= 15 is 0 Å². The Hall–Kier alpha value is -2.98. The second-order valence-corrected chi connectivity index (χ2v) is 9.63. The van der Waals surface area contributed by atoms with Crippen molar-refractivity contribution < 1.29 is 16.8 Å². The SMILES string of the molecule is C[C@@H](N)CNS(=O)(=O)c1ccc(-c2ccc(N)nc2)c(-c2nn[nH]n2)c1S(N)(=O)=O. The highest BCUT2D eigenvalue weighted by Crippen LogP contribution is 2.38. The van der Waals surface area contributed by atoms with Gasteiger partial charge in [-0.25, -0.2) is 31.7 Å². The van der Waals surface area contributed by atoms with Crippen molar-refractivity contribution in [3.8, 4) is 22.5 Å². The summed E-state index contributed by atoms with van der Waals surface area (Å²) < 4.78 is 53.0. The van der Waals surface area contributed by atoms with Crippen LogP contribution >= 0.6 is 0 Å². The molecule has 0 fully saturated rings. The number of nitrogen functional groups attached to an aromatic ring is 1. The van der Waals surface area contributed by atoms with E-state index < -0.39 is 35.9 Å². The van der Waals surface area contributed by atoms with Gasteiger partial charge in [0.1, 0.15) is 15.6 Å². The summed E-state index contributed by atoms with van der Waals surface area (Å²) in [5, 5.41) is 18.7. The van der Waals surface area contributed by atoms with Crippen LogP contribution in [0.4, 0.5) is 5.82 Å². The zero-order chi connectivity index (χ0) is 22.1. The zero-order valence-electron chi connectivity index (χ0n) is 15.6. The number of pyridine rings is 1. The molecular weight excluding hydrogens is 434 g/mol. The lowest BCUT2D eigenvalue weighted by atomic mass is 10.0. The number of primary sulfonamides is 1. The molecule has 8 N–H and O–H groups in total. The number of hydrogen-bond donors (Lipinski definition) is 5. The minimum atomic E-state index is -4.57. The molecule has 0 spiro atoms. The molecule has 0 unspecified atom stereocenters. The number of nitrogens with one attached hydrogen (secondary N) is 2. The number of rotatable bonds is 7. The van der Waals surface area contributed by atoms with Crippen molar-refractivity contribution in [2.45, 2.75) is 22.8 Å². The smallest absolute Gasteiger partial charge is 0.241 e. The predicted octanol–water partition coefficient (Wildman–Crippen LogP) is -1.22. The van der Waals surface area contributed by atoms with E-state index in [1.165, 1.54) is 18.3 Å². The van der Waals surface area contributed by atoms with Crippen LogP contribution in [0.3, 0.4) is 0 Å². The Morgan fingerprint density at radius 2 is 1.90 bits per heavy atom. The second kappa shape index (κ2) is 8.04. The third-order valence-electron chi connectivity index (χ3n) is 3.96. The normalized spacial score (nSPS) is 13.3. The van der Waals surface area contributed by atoms with Crippen molar-refractivity contribution in [2.24, 2.45) is 10.9 Å². The van der Waals surface area contributed by atoms with E-state index in [9.17, 15) is 16.8 Å². The van der Waals surface area contributed by atoms with Crippen molar-refractivity contribution in [2.75, 3.05) is 12.3 Å². The Morgan fingerprint density at radius 1 is 1.17 bits per heavy atom. The van der Waals surface area contributed by atoms with Gasteiger partial charge in [-0.05, 0) is 35.9 Å². The van der Waals surface area contributed by atoms with E-state index in [2.05, 4.69) is 30.3 Å². The Kier molecular flexibility index (Phi) is 5.82. The molecule has 0 saturated carbocycles. The number of hydrogen-bond acceptors (Lipinski definition) is 10. The van der Waals surface area contributed by atoms with Gasteiger partial charge in [0.2, 0.25) is 25.9 Å². The lowest BCUT2D eigenvalue weighted by Gasteiger charge is -2.17. The quantitative estimate of drug-likeness (QED) is 0.286. The summed E-state index contributed by atoms with van der Waals surface area (Å²) in [7, 11) is -8.87. The lowest BCUT2D eigenvalue weighted by molar-refractivity contribution is 0.567. The van der Waals surface area contributed by atoms with Crippen LogP contribution in [0.1, 0.15) is 6.92 Å². The highest BCUT2D eigenvalue weighted by atomic mass is 32.2. The van der Waals surface area contributed by atoms with Gasteiger partial charge in [0, 0.05) is 24.3 Å². The largest absolute Gasteiger partial charge is 0.384 e. The van der Waals surface area contributed by atoms with Crippen LogP contribution in [0.5, 0.6) is 0 Å². The summed E-state index contributed by atoms with van der Waals surface area (Å²) >= 11 is 0. The van der Waals surface area contributed by atoms with Crippen molar-refractivity contribution in [3.05, 3.63) is 30.5 Å². The molecule has 1 atom stereocenters. The second-order valence-electron chi connectivity index (χ2n) is 6.40. The minimum absolute atomic E-state index is 0.117. The van der Waals surface area contributed by atoms with Gasteiger partial charge in [0.25, 0.3) is 0 Å². The van der Waals surface area contributed by atoms with Crippen LogP contribution in [0.25, 0.3) is 22.5 Å². The van der Waals surface area contributed by atoms with Crippen molar-refractivity contribution in [1.29, 1.82) is 0 Å². The number of nitrogens with zero attached hydrogens (tertiary/aromatic N) is 4. The standard InChI is InChI=1S/C15H19N9O4S2/c1-8(16)6-20-30(27,28)11-4-3-10(9-2-5-12(17)19-7-9)13(14(11)29(18,25)26)15-21-23-24-22-15/h2-5,7-8,20H,6,16H2,1H3,(H2,17,19)(H2,18,25,26)(H,21,22,23,24)/t8-/m1/s1. The Labute approximate surface area is 172 Å². The molecule has 160 valence electrons. The Morgan fingerprint density at radius 3 is 2.43 bits per heavy atom. The maximum atomic E-state index is 12.8. The number of nitrogens with two attached hydrogens (primary N) is 3. The van der Waals surface area contributed by atoms with Crippen LogP contribution in [0.15, 0.2) is 40.3 Å². The third-order valence-corrected chi connectivity index (χ3v) is 6.55. The van der Waals surface area contributed by atoms with E-state index in [0.29, 0.717) is 5.56 Å². The van der Waals surface area contributed by atoms with E-state index in [1.807, 2.05) is 0 Å². The first-order valence-electron chi connectivity index (χ1n) is 8.41. The number of aromatic nitrogens is 5. The lowest BCUT2D eigenvalue weighted by Crippen LogP contribution is -2.36. The molecule has 0 saturated heterocycles. The van der Waals surface area contributed by atoms with Gasteiger partial charge in [0.05, 0.1) is 5.56 Å². The van der Waals surface area contributed by atoms with E-state index in [1.54, 1.807) is 13.0 Å². The number of aromatic amines is 1. The minimum Gasteiger partial charge on any atom is -0.384 e. The summed E-state index contributed by atoms with van der Waals surface area (Å²) in [5.74, 6) is 0.0703. The molecule has 0 amide bonds. The molecule has 0 aliphatic carbocycles. The van der Waals surface area contributed by atoms with Gasteiger partial charge in [-0.2, -0.15) is 5.21 Å². The van der Waals surface area contributed by atoms with E-state index in [-0.39, 0.29) is 29.3 Å². The Bertz CT molecular complexity index is 1260. The molecule has 13 nitrogen and oxygen atoms in total. The fourth-order valence-electron chi connectivity index (χ4n) is 2.67. The summed E-state index contributed by atoms with van der Waals surface area (Å²) in [6, 6.07) is 5.10. The molecule has 0 aliphatic rings. The average Bonchev–Trinajstić information content (AvgIpc) is 3.20. The number of sulfonamides is 2. The van der Waals surface area contributed by atoms with Crippen LogP contribution in [0.2, 0.25) is 0 Å². The van der Waals surface area contributed by atoms with Gasteiger partial charge >= 0.3 is 0 Å². The number of tetrazole rings is 1. The van der Waals surface area contributed by atoms with Gasteiger partial charge < -0.3 is 11.5 Å². The maximum Gasteiger partial charge on any atom is 0.241 e. The zero-order valence-corrected chi connectivity index (χ0v) is 17.3. The van der Waals surface area contributed by atoms with Gasteiger partial charge in [-0.3, -0.25) is 0 Å². The van der Waals surface area contributed by atoms with Crippen LogP contribution < -0.4 is 21.3 Å². The molecule has 0 radical (unpaired) electrons. The molecule has 3 rings (SSSR count). The number of benzene rings is 1. The third kappa shape index (κ3) is 4.44. The molecule has 1 aromatic carbocycles. The van der Waals surface area contributed by atoms with Crippen LogP contribution in [0, 0.1) is 0 Å². The van der Waals surface area contributed by atoms with Crippen molar-refractivity contribution in [3.63, 3.8) is 0 Å². The molecular formula is C15H19N9O4S2. The molecule has 30 heavy (non-hydrogen) atoms. The number of anilines is 1. The average molecular weight is 454 g/mol. The molecule has 2 aromatic heterocycles. The highest BCUT2D eigenvalue weighted by Gasteiger charge is 2.32. The summed E-state index contributed by atoms with van der Waals surface area (Å²) in [5.41, 5.74) is 11.8. The molecule has 2 heterocycles. The van der Waals surface area contributed by atoms with E-state index in [0.717, 1.165) is 6.07 Å². The molecule has 0 bridgehead atoms. The maximum absolute atomic E-state index is 12.8. The predicted molar refractivity (Wildman–Crippen MR) is 107 cm³/mol. The molecule has 3 aromatic rings. The van der Waals surface area contributed by atoms with Crippen molar-refractivity contribution in [1.82, 2.24) is 30.3 Å².